The number of hydrogen-bond acceptors (Lipinski definition) is 6. The largest absolute Gasteiger partial charge is 0.493 e. The van der Waals surface area contributed by atoms with Gasteiger partial charge in [0.2, 0.25) is 11.7 Å². The van der Waals surface area contributed by atoms with Crippen LogP contribution in [0.25, 0.3) is 6.08 Å². The third-order valence-electron chi connectivity index (χ3n) is 5.06. The summed E-state index contributed by atoms with van der Waals surface area (Å²) in [4.78, 5) is 12.1. The highest BCUT2D eigenvalue weighted by Crippen LogP contribution is 2.39. The SMILES string of the molecule is COc1ccc(CNCc2ccc(/C=C/C(=O)Nc3ccccc3N)cc2)c(OC)c1OC. The highest BCUT2D eigenvalue weighted by molar-refractivity contribution is 6.03. The average Bonchev–Trinajstić information content (AvgIpc) is 2.84. The van der Waals surface area contributed by atoms with Gasteiger partial charge in [-0.25, -0.2) is 0 Å². The number of nitrogens with two attached hydrogens (primary N) is 1. The Kier molecular flexibility index (Phi) is 8.32. The molecule has 3 aromatic carbocycles. The van der Waals surface area contributed by atoms with Gasteiger partial charge in [-0.3, -0.25) is 4.79 Å². The van der Waals surface area contributed by atoms with E-state index < -0.39 is 0 Å². The third kappa shape index (κ3) is 6.27. The molecule has 0 aromatic heterocycles. The molecule has 3 rings (SSSR count). The number of carbonyl (C=O) groups excluding carboxylic acids is 1. The van der Waals surface area contributed by atoms with Gasteiger partial charge in [-0.2, -0.15) is 0 Å². The molecule has 0 fully saturated rings. The van der Waals surface area contributed by atoms with Crippen LogP contribution in [0.5, 0.6) is 17.2 Å². The van der Waals surface area contributed by atoms with E-state index in [1.807, 2.05) is 48.5 Å². The Morgan fingerprint density at radius 2 is 1.61 bits per heavy atom. The number of hydrogen-bond donors (Lipinski definition) is 3. The minimum atomic E-state index is -0.234. The molecular formula is C26H29N3O4. The molecule has 1 amide bonds. The van der Waals surface area contributed by atoms with Gasteiger partial charge in [0.1, 0.15) is 0 Å². The number of carbonyl (C=O) groups is 1. The quantitative estimate of drug-likeness (QED) is 0.318. The van der Waals surface area contributed by atoms with Crippen molar-refractivity contribution in [3.63, 3.8) is 0 Å². The van der Waals surface area contributed by atoms with Crippen molar-refractivity contribution in [1.29, 1.82) is 0 Å². The summed E-state index contributed by atoms with van der Waals surface area (Å²) in [5.41, 5.74) is 9.99. The fraction of sp³-hybridized carbons (Fsp3) is 0.192. The predicted octanol–water partition coefficient (Wildman–Crippen LogP) is 4.24. The first-order valence-corrected chi connectivity index (χ1v) is 10.5. The fourth-order valence-corrected chi connectivity index (χ4v) is 3.35. The molecule has 7 heteroatoms. The molecule has 0 bridgehead atoms. The van der Waals surface area contributed by atoms with E-state index in [2.05, 4.69) is 10.6 Å². The molecule has 33 heavy (non-hydrogen) atoms. The molecule has 0 aliphatic heterocycles. The number of nitrogens with one attached hydrogen (secondary N) is 2. The van der Waals surface area contributed by atoms with E-state index >= 15 is 0 Å². The zero-order valence-electron chi connectivity index (χ0n) is 19.1. The highest BCUT2D eigenvalue weighted by atomic mass is 16.5. The molecule has 0 spiro atoms. The number of para-hydroxylation sites is 2. The van der Waals surface area contributed by atoms with Gasteiger partial charge in [-0.1, -0.05) is 42.5 Å². The molecule has 0 heterocycles. The predicted molar refractivity (Wildman–Crippen MR) is 132 cm³/mol. The van der Waals surface area contributed by atoms with Crippen molar-refractivity contribution in [3.8, 4) is 17.2 Å². The summed E-state index contributed by atoms with van der Waals surface area (Å²) in [5, 5.41) is 6.19. The van der Waals surface area contributed by atoms with Crippen molar-refractivity contribution in [3.05, 3.63) is 83.4 Å². The lowest BCUT2D eigenvalue weighted by Crippen LogP contribution is -2.13. The van der Waals surface area contributed by atoms with Crippen LogP contribution in [0.3, 0.4) is 0 Å². The van der Waals surface area contributed by atoms with Gasteiger partial charge in [0.05, 0.1) is 32.7 Å². The minimum absolute atomic E-state index is 0.234. The van der Waals surface area contributed by atoms with Crippen LogP contribution in [0, 0.1) is 0 Å². The molecule has 3 aromatic rings. The van der Waals surface area contributed by atoms with Crippen LogP contribution in [-0.2, 0) is 17.9 Å². The van der Waals surface area contributed by atoms with Crippen molar-refractivity contribution in [2.24, 2.45) is 0 Å². The molecule has 0 atom stereocenters. The summed E-state index contributed by atoms with van der Waals surface area (Å²) in [6.45, 7) is 1.28. The van der Waals surface area contributed by atoms with Gasteiger partial charge >= 0.3 is 0 Å². The maximum Gasteiger partial charge on any atom is 0.248 e. The standard InChI is InChI=1S/C26H29N3O4/c1-31-23-14-13-20(25(32-2)26(23)33-3)17-28-16-19-10-8-18(9-11-19)12-15-24(30)29-22-7-5-4-6-21(22)27/h4-15,28H,16-17,27H2,1-3H3,(H,29,30)/b15-12+. The van der Waals surface area contributed by atoms with E-state index in [9.17, 15) is 4.79 Å². The van der Waals surface area contributed by atoms with Crippen molar-refractivity contribution in [2.45, 2.75) is 13.1 Å². The molecule has 0 radical (unpaired) electrons. The van der Waals surface area contributed by atoms with Gasteiger partial charge < -0.3 is 30.6 Å². The average molecular weight is 448 g/mol. The van der Waals surface area contributed by atoms with Gasteiger partial charge in [-0.15, -0.1) is 0 Å². The Balaban J connectivity index is 1.54. The third-order valence-corrected chi connectivity index (χ3v) is 5.06. The first-order valence-electron chi connectivity index (χ1n) is 10.5. The number of ether oxygens (including phenoxy) is 3. The molecule has 0 aliphatic carbocycles. The summed E-state index contributed by atoms with van der Waals surface area (Å²) >= 11 is 0. The molecule has 7 nitrogen and oxygen atoms in total. The van der Waals surface area contributed by atoms with Crippen LogP contribution in [0.15, 0.2) is 66.7 Å². The number of amides is 1. The Bertz CT molecular complexity index is 1110. The lowest BCUT2D eigenvalue weighted by atomic mass is 10.1. The van der Waals surface area contributed by atoms with Crippen molar-refractivity contribution in [1.82, 2.24) is 5.32 Å². The zero-order chi connectivity index (χ0) is 23.6. The summed E-state index contributed by atoms with van der Waals surface area (Å²) < 4.78 is 16.3. The number of nitrogen functional groups attached to an aromatic ring is 1. The van der Waals surface area contributed by atoms with Crippen LogP contribution in [0.1, 0.15) is 16.7 Å². The van der Waals surface area contributed by atoms with Crippen LogP contribution in [-0.4, -0.2) is 27.2 Å². The first-order chi connectivity index (χ1) is 16.0. The summed E-state index contributed by atoms with van der Waals surface area (Å²) in [5.74, 6) is 1.62. The minimum Gasteiger partial charge on any atom is -0.493 e. The van der Waals surface area contributed by atoms with Crippen molar-refractivity contribution < 1.29 is 19.0 Å². The van der Waals surface area contributed by atoms with E-state index in [0.717, 1.165) is 16.7 Å². The van der Waals surface area contributed by atoms with Crippen LogP contribution in [0.4, 0.5) is 11.4 Å². The number of methoxy groups -OCH3 is 3. The molecule has 0 saturated heterocycles. The smallest absolute Gasteiger partial charge is 0.248 e. The second kappa shape index (κ2) is 11.6. The van der Waals surface area contributed by atoms with Gasteiger partial charge in [0.25, 0.3) is 0 Å². The topological polar surface area (TPSA) is 94.8 Å². The monoisotopic (exact) mass is 447 g/mol. The molecule has 0 saturated carbocycles. The Hall–Kier alpha value is -3.97. The normalized spacial score (nSPS) is 10.8. The molecule has 0 unspecified atom stereocenters. The van der Waals surface area contributed by atoms with E-state index in [1.54, 1.807) is 39.5 Å². The second-order valence-electron chi connectivity index (χ2n) is 7.25. The molecule has 0 aliphatic rings. The van der Waals surface area contributed by atoms with E-state index in [-0.39, 0.29) is 5.91 Å². The molecular weight excluding hydrogens is 418 g/mol. The molecule has 172 valence electrons. The molecule has 4 N–H and O–H groups in total. The van der Waals surface area contributed by atoms with Gasteiger partial charge in [0, 0.05) is 24.7 Å². The van der Waals surface area contributed by atoms with Gasteiger partial charge in [-0.05, 0) is 35.4 Å². The van der Waals surface area contributed by atoms with Gasteiger partial charge in [0.15, 0.2) is 11.5 Å². The highest BCUT2D eigenvalue weighted by Gasteiger charge is 2.15. The lowest BCUT2D eigenvalue weighted by molar-refractivity contribution is -0.111. The van der Waals surface area contributed by atoms with E-state index in [4.69, 9.17) is 19.9 Å². The van der Waals surface area contributed by atoms with Crippen molar-refractivity contribution in [2.75, 3.05) is 32.4 Å². The van der Waals surface area contributed by atoms with Crippen LogP contribution < -0.4 is 30.6 Å². The zero-order valence-corrected chi connectivity index (χ0v) is 19.1. The number of rotatable bonds is 10. The maximum absolute atomic E-state index is 12.1. The summed E-state index contributed by atoms with van der Waals surface area (Å²) in [6.07, 6.45) is 3.25. The summed E-state index contributed by atoms with van der Waals surface area (Å²) in [7, 11) is 4.80. The lowest BCUT2D eigenvalue weighted by Gasteiger charge is -2.16. The Labute approximate surface area is 194 Å². The van der Waals surface area contributed by atoms with E-state index in [0.29, 0.717) is 41.7 Å². The maximum atomic E-state index is 12.1. The summed E-state index contributed by atoms with van der Waals surface area (Å²) in [6, 6.07) is 18.9. The fourth-order valence-electron chi connectivity index (χ4n) is 3.35. The van der Waals surface area contributed by atoms with Crippen LogP contribution >= 0.6 is 0 Å². The Morgan fingerprint density at radius 1 is 0.879 bits per heavy atom. The Morgan fingerprint density at radius 3 is 2.27 bits per heavy atom. The first kappa shape index (κ1) is 23.7. The van der Waals surface area contributed by atoms with Crippen molar-refractivity contribution >= 4 is 23.4 Å². The van der Waals surface area contributed by atoms with E-state index in [1.165, 1.54) is 6.08 Å². The second-order valence-corrected chi connectivity index (χ2v) is 7.25. The number of anilines is 2. The van der Waals surface area contributed by atoms with Crippen LogP contribution in [0.2, 0.25) is 0 Å². The number of benzene rings is 3.